The molecule has 4 aromatic heterocycles. The quantitative estimate of drug-likeness (QED) is 0.562. The first-order valence-electron chi connectivity index (χ1n) is 9.32. The summed E-state index contributed by atoms with van der Waals surface area (Å²) in [4.78, 5) is 12.5. The molecule has 5 rings (SSSR count). The van der Waals surface area contributed by atoms with Gasteiger partial charge in [0, 0.05) is 29.2 Å². The number of ether oxygens (including phenoxy) is 1. The molecule has 0 amide bonds. The van der Waals surface area contributed by atoms with Gasteiger partial charge in [0.1, 0.15) is 11.4 Å². The van der Waals surface area contributed by atoms with Crippen molar-refractivity contribution in [2.75, 3.05) is 7.11 Å². The van der Waals surface area contributed by atoms with Crippen molar-refractivity contribution < 1.29 is 4.74 Å². The topological polar surface area (TPSA) is 55.7 Å². The van der Waals surface area contributed by atoms with E-state index in [-0.39, 0.29) is 0 Å². The molecule has 1 N–H and O–H groups in total. The number of pyridine rings is 2. The van der Waals surface area contributed by atoms with E-state index in [0.29, 0.717) is 6.04 Å². The standard InChI is InChI=1S/C21H22N4O/c1-26-16-7-8-18(23-13-16)19-11-14-12-24-21-17(9-10-22-21)20(14)25(19)15-5-3-2-4-6-15/h7-13,15H,2-6H2,1H3,(H,22,24). The Morgan fingerprint density at radius 1 is 1.08 bits per heavy atom. The van der Waals surface area contributed by atoms with Crippen molar-refractivity contribution in [1.29, 1.82) is 0 Å². The number of hydrogen-bond acceptors (Lipinski definition) is 3. The second-order valence-electron chi connectivity index (χ2n) is 7.08. The molecule has 0 unspecified atom stereocenters. The number of aromatic nitrogens is 4. The molecule has 1 aliphatic rings. The zero-order valence-corrected chi connectivity index (χ0v) is 14.9. The molecule has 132 valence electrons. The molecule has 1 saturated carbocycles. The van der Waals surface area contributed by atoms with Crippen molar-refractivity contribution >= 4 is 21.9 Å². The van der Waals surface area contributed by atoms with Crippen LogP contribution in [0.5, 0.6) is 5.75 Å². The number of methoxy groups -OCH3 is 1. The van der Waals surface area contributed by atoms with Gasteiger partial charge in [0.25, 0.3) is 0 Å². The lowest BCUT2D eigenvalue weighted by Crippen LogP contribution is -2.14. The SMILES string of the molecule is COc1ccc(-c2cc3cnc4[nH]ccc4c3n2C2CCCCC2)nc1. The van der Waals surface area contributed by atoms with Crippen LogP contribution in [-0.2, 0) is 0 Å². The number of H-pyrrole nitrogens is 1. The van der Waals surface area contributed by atoms with Crippen LogP contribution in [0, 0.1) is 0 Å². The molecule has 0 aliphatic heterocycles. The summed E-state index contributed by atoms with van der Waals surface area (Å²) in [5, 5.41) is 2.36. The minimum absolute atomic E-state index is 0.514. The van der Waals surface area contributed by atoms with E-state index in [0.717, 1.165) is 17.1 Å². The van der Waals surface area contributed by atoms with Crippen molar-refractivity contribution in [3.8, 4) is 17.1 Å². The summed E-state index contributed by atoms with van der Waals surface area (Å²) in [6.45, 7) is 0. The highest BCUT2D eigenvalue weighted by Gasteiger charge is 2.23. The van der Waals surface area contributed by atoms with Crippen LogP contribution in [0.2, 0.25) is 0 Å². The smallest absolute Gasteiger partial charge is 0.139 e. The predicted molar refractivity (Wildman–Crippen MR) is 103 cm³/mol. The third-order valence-corrected chi connectivity index (χ3v) is 5.55. The monoisotopic (exact) mass is 346 g/mol. The van der Waals surface area contributed by atoms with Crippen molar-refractivity contribution in [3.05, 3.63) is 42.9 Å². The number of rotatable bonds is 3. The molecule has 0 spiro atoms. The lowest BCUT2D eigenvalue weighted by atomic mass is 9.95. The Hall–Kier alpha value is -2.82. The summed E-state index contributed by atoms with van der Waals surface area (Å²) >= 11 is 0. The second kappa shape index (κ2) is 6.16. The molecule has 1 aliphatic carbocycles. The largest absolute Gasteiger partial charge is 0.495 e. The van der Waals surface area contributed by atoms with Gasteiger partial charge >= 0.3 is 0 Å². The van der Waals surface area contributed by atoms with Crippen molar-refractivity contribution in [1.82, 2.24) is 19.5 Å². The van der Waals surface area contributed by atoms with Crippen LogP contribution < -0.4 is 4.74 Å². The molecular weight excluding hydrogens is 324 g/mol. The van der Waals surface area contributed by atoms with E-state index in [1.54, 1.807) is 13.3 Å². The molecule has 5 nitrogen and oxygen atoms in total. The average Bonchev–Trinajstić information content (AvgIpc) is 3.32. The Labute approximate surface area is 152 Å². The maximum Gasteiger partial charge on any atom is 0.139 e. The molecule has 4 heterocycles. The molecule has 1 fully saturated rings. The fourth-order valence-corrected chi connectivity index (χ4v) is 4.29. The van der Waals surface area contributed by atoms with Crippen LogP contribution in [0.25, 0.3) is 33.3 Å². The Morgan fingerprint density at radius 3 is 2.73 bits per heavy atom. The molecule has 0 radical (unpaired) electrons. The van der Waals surface area contributed by atoms with Crippen molar-refractivity contribution in [2.24, 2.45) is 0 Å². The van der Waals surface area contributed by atoms with Crippen LogP contribution in [0.4, 0.5) is 0 Å². The van der Waals surface area contributed by atoms with Crippen LogP contribution >= 0.6 is 0 Å². The molecule has 0 aromatic carbocycles. The lowest BCUT2D eigenvalue weighted by molar-refractivity contribution is 0.363. The third-order valence-electron chi connectivity index (χ3n) is 5.55. The van der Waals surface area contributed by atoms with E-state index in [1.165, 1.54) is 54.1 Å². The second-order valence-corrected chi connectivity index (χ2v) is 7.08. The molecule has 5 heteroatoms. The molecular formula is C21H22N4O. The Bertz CT molecular complexity index is 1050. The van der Waals surface area contributed by atoms with Gasteiger partial charge in [-0.25, -0.2) is 4.98 Å². The van der Waals surface area contributed by atoms with Crippen LogP contribution in [0.15, 0.2) is 42.9 Å². The highest BCUT2D eigenvalue weighted by Crippen LogP contribution is 2.39. The van der Waals surface area contributed by atoms with E-state index in [1.807, 2.05) is 24.5 Å². The maximum atomic E-state index is 5.27. The first-order chi connectivity index (χ1) is 12.8. The number of hydrogen-bond donors (Lipinski definition) is 1. The molecule has 0 saturated heterocycles. The molecule has 0 bridgehead atoms. The van der Waals surface area contributed by atoms with Gasteiger partial charge < -0.3 is 14.3 Å². The van der Waals surface area contributed by atoms with Crippen LogP contribution in [0.3, 0.4) is 0 Å². The maximum absolute atomic E-state index is 5.27. The zero-order chi connectivity index (χ0) is 17.5. The van der Waals surface area contributed by atoms with Crippen molar-refractivity contribution in [2.45, 2.75) is 38.1 Å². The molecule has 4 aromatic rings. The van der Waals surface area contributed by atoms with Gasteiger partial charge in [-0.3, -0.25) is 4.98 Å². The van der Waals surface area contributed by atoms with Gasteiger partial charge in [-0.1, -0.05) is 19.3 Å². The minimum Gasteiger partial charge on any atom is -0.495 e. The lowest BCUT2D eigenvalue weighted by Gasteiger charge is -2.26. The fraction of sp³-hybridized carbons (Fsp3) is 0.333. The average molecular weight is 346 g/mol. The summed E-state index contributed by atoms with van der Waals surface area (Å²) in [7, 11) is 1.67. The normalized spacial score (nSPS) is 15.7. The number of nitrogens with zero attached hydrogens (tertiary/aromatic N) is 3. The fourth-order valence-electron chi connectivity index (χ4n) is 4.29. The summed E-state index contributed by atoms with van der Waals surface area (Å²) in [5.41, 5.74) is 4.37. The van der Waals surface area contributed by atoms with Gasteiger partial charge in [0.15, 0.2) is 0 Å². The van der Waals surface area contributed by atoms with Crippen LogP contribution in [-0.4, -0.2) is 26.6 Å². The van der Waals surface area contributed by atoms with E-state index in [4.69, 9.17) is 4.74 Å². The predicted octanol–water partition coefficient (Wildman–Crippen LogP) is 5.09. The van der Waals surface area contributed by atoms with Gasteiger partial charge in [-0.05, 0) is 37.1 Å². The van der Waals surface area contributed by atoms with E-state index in [2.05, 4.69) is 31.7 Å². The summed E-state index contributed by atoms with van der Waals surface area (Å²) in [6, 6.07) is 8.91. The summed E-state index contributed by atoms with van der Waals surface area (Å²) < 4.78 is 7.79. The van der Waals surface area contributed by atoms with Gasteiger partial charge in [0.2, 0.25) is 0 Å². The summed E-state index contributed by atoms with van der Waals surface area (Å²) in [6.07, 6.45) is 12.1. The molecule has 0 atom stereocenters. The zero-order valence-electron chi connectivity index (χ0n) is 14.9. The van der Waals surface area contributed by atoms with E-state index in [9.17, 15) is 0 Å². The Morgan fingerprint density at radius 2 is 1.96 bits per heavy atom. The third kappa shape index (κ3) is 2.38. The van der Waals surface area contributed by atoms with E-state index >= 15 is 0 Å². The highest BCUT2D eigenvalue weighted by molar-refractivity contribution is 6.04. The number of aromatic amines is 1. The highest BCUT2D eigenvalue weighted by atomic mass is 16.5. The van der Waals surface area contributed by atoms with Gasteiger partial charge in [-0.2, -0.15) is 0 Å². The van der Waals surface area contributed by atoms with Gasteiger partial charge in [-0.15, -0.1) is 0 Å². The Kier molecular flexibility index (Phi) is 3.66. The van der Waals surface area contributed by atoms with E-state index < -0.39 is 0 Å². The molecule has 26 heavy (non-hydrogen) atoms. The number of fused-ring (bicyclic) bond motifs is 3. The minimum atomic E-state index is 0.514. The summed E-state index contributed by atoms with van der Waals surface area (Å²) in [5.74, 6) is 0.781. The number of nitrogens with one attached hydrogen (secondary N) is 1. The van der Waals surface area contributed by atoms with Crippen molar-refractivity contribution in [3.63, 3.8) is 0 Å². The van der Waals surface area contributed by atoms with Crippen LogP contribution in [0.1, 0.15) is 38.1 Å². The van der Waals surface area contributed by atoms with Gasteiger partial charge in [0.05, 0.1) is 30.2 Å². The Balaban J connectivity index is 1.78. The first-order valence-corrected chi connectivity index (χ1v) is 9.32. The first kappa shape index (κ1) is 15.4.